The number of pyridine rings is 1. The van der Waals surface area contributed by atoms with Crippen LogP contribution in [0.2, 0.25) is 5.02 Å². The lowest BCUT2D eigenvalue weighted by atomic mass is 10.2. The first-order chi connectivity index (χ1) is 8.15. The zero-order valence-corrected chi connectivity index (χ0v) is 10.1. The third-order valence-corrected chi connectivity index (χ3v) is 2.41. The van der Waals surface area contributed by atoms with Crippen molar-refractivity contribution in [2.75, 3.05) is 17.7 Å². The van der Waals surface area contributed by atoms with Crippen molar-refractivity contribution >= 4 is 23.4 Å². The molecule has 88 valence electrons. The molecule has 0 unspecified atom stereocenters. The molecular formula is C11H12ClN5. The van der Waals surface area contributed by atoms with Crippen LogP contribution in [0.15, 0.2) is 30.7 Å². The van der Waals surface area contributed by atoms with Gasteiger partial charge in [0.2, 0.25) is 5.95 Å². The second-order valence-corrected chi connectivity index (χ2v) is 4.09. The van der Waals surface area contributed by atoms with Crippen molar-refractivity contribution < 1.29 is 0 Å². The highest BCUT2D eigenvalue weighted by molar-refractivity contribution is 6.30. The number of rotatable bonds is 3. The second kappa shape index (κ2) is 4.97. The number of hydrogen-bond acceptors (Lipinski definition) is 5. The molecule has 5 nitrogen and oxygen atoms in total. The van der Waals surface area contributed by atoms with Crippen molar-refractivity contribution in [1.82, 2.24) is 15.0 Å². The van der Waals surface area contributed by atoms with Crippen LogP contribution in [0.4, 0.5) is 11.8 Å². The van der Waals surface area contributed by atoms with Gasteiger partial charge in [-0.3, -0.25) is 0 Å². The Bertz CT molecular complexity index is 482. The maximum absolute atomic E-state index is 5.73. The second-order valence-electron chi connectivity index (χ2n) is 3.65. The summed E-state index contributed by atoms with van der Waals surface area (Å²) in [6, 6.07) is 3.70. The number of halogens is 1. The van der Waals surface area contributed by atoms with Crippen molar-refractivity contribution in [2.24, 2.45) is 0 Å². The van der Waals surface area contributed by atoms with E-state index in [1.54, 1.807) is 24.7 Å². The van der Waals surface area contributed by atoms with Gasteiger partial charge < -0.3 is 10.6 Å². The van der Waals surface area contributed by atoms with Gasteiger partial charge >= 0.3 is 0 Å². The molecule has 2 N–H and O–H groups in total. The lowest BCUT2D eigenvalue weighted by Gasteiger charge is -2.16. The van der Waals surface area contributed by atoms with E-state index in [-0.39, 0.29) is 0 Å². The quantitative estimate of drug-likeness (QED) is 0.898. The minimum Gasteiger partial charge on any atom is -0.384 e. The first kappa shape index (κ1) is 11.6. The number of hydrogen-bond donors (Lipinski definition) is 1. The number of nitrogens with zero attached hydrogens (tertiary/aromatic N) is 4. The Kier molecular flexibility index (Phi) is 3.39. The summed E-state index contributed by atoms with van der Waals surface area (Å²) in [7, 11) is 1.90. The fourth-order valence-corrected chi connectivity index (χ4v) is 1.47. The fourth-order valence-electron chi connectivity index (χ4n) is 1.38. The monoisotopic (exact) mass is 249 g/mol. The summed E-state index contributed by atoms with van der Waals surface area (Å²) in [5.41, 5.74) is 6.56. The van der Waals surface area contributed by atoms with Crippen molar-refractivity contribution in [2.45, 2.75) is 6.54 Å². The van der Waals surface area contributed by atoms with Gasteiger partial charge in [-0.1, -0.05) is 17.7 Å². The third kappa shape index (κ3) is 3.04. The Balaban J connectivity index is 2.08. The van der Waals surface area contributed by atoms with Crippen molar-refractivity contribution in [3.8, 4) is 0 Å². The average molecular weight is 250 g/mol. The summed E-state index contributed by atoms with van der Waals surface area (Å²) in [6.07, 6.45) is 4.88. The molecule has 0 bridgehead atoms. The molecule has 2 heterocycles. The summed E-state index contributed by atoms with van der Waals surface area (Å²) in [5, 5.41) is 0.524. The fraction of sp³-hybridized carbons (Fsp3) is 0.182. The van der Waals surface area contributed by atoms with E-state index >= 15 is 0 Å². The SMILES string of the molecule is CN(Cc1ccc(N)nc1)c1ncc(Cl)cn1. The Labute approximate surface area is 104 Å². The molecule has 0 saturated carbocycles. The van der Waals surface area contributed by atoms with E-state index < -0.39 is 0 Å². The molecule has 0 aliphatic heterocycles. The third-order valence-electron chi connectivity index (χ3n) is 2.22. The van der Waals surface area contributed by atoms with Crippen molar-refractivity contribution in [3.05, 3.63) is 41.3 Å². The first-order valence-corrected chi connectivity index (χ1v) is 5.42. The van der Waals surface area contributed by atoms with Crippen molar-refractivity contribution in [1.29, 1.82) is 0 Å². The van der Waals surface area contributed by atoms with Gasteiger partial charge in [0.1, 0.15) is 5.82 Å². The topological polar surface area (TPSA) is 67.9 Å². The van der Waals surface area contributed by atoms with Crippen LogP contribution in [0.3, 0.4) is 0 Å². The van der Waals surface area contributed by atoms with E-state index in [1.165, 1.54) is 0 Å². The molecule has 2 aromatic heterocycles. The predicted octanol–water partition coefficient (Wildman–Crippen LogP) is 1.74. The molecule has 17 heavy (non-hydrogen) atoms. The lowest BCUT2D eigenvalue weighted by molar-refractivity contribution is 0.862. The average Bonchev–Trinajstić information content (AvgIpc) is 2.33. The standard InChI is InChI=1S/C11H12ClN5/c1-17(11-15-5-9(12)6-16-11)7-8-2-3-10(13)14-4-8/h2-6H,7H2,1H3,(H2,13,14). The molecule has 2 aromatic rings. The van der Waals surface area contributed by atoms with E-state index in [0.29, 0.717) is 23.3 Å². The summed E-state index contributed by atoms with van der Waals surface area (Å²) < 4.78 is 0. The highest BCUT2D eigenvalue weighted by Crippen LogP contribution is 2.12. The molecular weight excluding hydrogens is 238 g/mol. The van der Waals surface area contributed by atoms with E-state index in [0.717, 1.165) is 5.56 Å². The van der Waals surface area contributed by atoms with E-state index in [9.17, 15) is 0 Å². The summed E-state index contributed by atoms with van der Waals surface area (Å²) in [5.74, 6) is 1.13. The van der Waals surface area contributed by atoms with Gasteiger partial charge in [0.05, 0.1) is 17.4 Å². The summed E-state index contributed by atoms with van der Waals surface area (Å²) >= 11 is 5.73. The van der Waals surface area contributed by atoms with Crippen LogP contribution in [0, 0.1) is 0 Å². The molecule has 0 radical (unpaired) electrons. The Morgan fingerprint density at radius 1 is 1.18 bits per heavy atom. The van der Waals surface area contributed by atoms with Gasteiger partial charge in [-0.25, -0.2) is 15.0 Å². The van der Waals surface area contributed by atoms with Crippen LogP contribution in [0.5, 0.6) is 0 Å². The number of nitrogen functional groups attached to an aromatic ring is 1. The molecule has 0 spiro atoms. The highest BCUT2D eigenvalue weighted by Gasteiger charge is 2.05. The largest absolute Gasteiger partial charge is 0.384 e. The maximum atomic E-state index is 5.73. The first-order valence-electron chi connectivity index (χ1n) is 5.04. The molecule has 0 atom stereocenters. The maximum Gasteiger partial charge on any atom is 0.225 e. The van der Waals surface area contributed by atoms with Crippen molar-refractivity contribution in [3.63, 3.8) is 0 Å². The van der Waals surface area contributed by atoms with Gasteiger partial charge in [-0.15, -0.1) is 0 Å². The van der Waals surface area contributed by atoms with Gasteiger partial charge in [-0.2, -0.15) is 0 Å². The molecule has 2 rings (SSSR count). The van der Waals surface area contributed by atoms with Crippen LogP contribution < -0.4 is 10.6 Å². The Morgan fingerprint density at radius 2 is 1.88 bits per heavy atom. The molecule has 6 heteroatoms. The molecule has 0 aliphatic carbocycles. The summed E-state index contributed by atoms with van der Waals surface area (Å²) in [4.78, 5) is 14.2. The number of nitrogens with two attached hydrogens (primary N) is 1. The smallest absolute Gasteiger partial charge is 0.225 e. The number of aromatic nitrogens is 3. The van der Waals surface area contributed by atoms with Crippen LogP contribution >= 0.6 is 11.6 Å². The Morgan fingerprint density at radius 3 is 2.47 bits per heavy atom. The van der Waals surface area contributed by atoms with Crippen LogP contribution in [-0.4, -0.2) is 22.0 Å². The highest BCUT2D eigenvalue weighted by atomic mass is 35.5. The Hall–Kier alpha value is -1.88. The predicted molar refractivity (Wildman–Crippen MR) is 67.8 cm³/mol. The van der Waals surface area contributed by atoms with Crippen LogP contribution in [0.25, 0.3) is 0 Å². The van der Waals surface area contributed by atoms with E-state index in [4.69, 9.17) is 17.3 Å². The normalized spacial score (nSPS) is 10.2. The zero-order chi connectivity index (χ0) is 12.3. The van der Waals surface area contributed by atoms with Gasteiger partial charge in [0.25, 0.3) is 0 Å². The number of anilines is 2. The molecule has 0 aromatic carbocycles. The van der Waals surface area contributed by atoms with Gasteiger partial charge in [-0.05, 0) is 11.6 Å². The van der Waals surface area contributed by atoms with Gasteiger partial charge in [0, 0.05) is 19.8 Å². The minimum atomic E-state index is 0.513. The summed E-state index contributed by atoms with van der Waals surface area (Å²) in [6.45, 7) is 0.662. The van der Waals surface area contributed by atoms with E-state index in [1.807, 2.05) is 18.0 Å². The van der Waals surface area contributed by atoms with E-state index in [2.05, 4.69) is 15.0 Å². The molecule has 0 saturated heterocycles. The molecule has 0 aliphatic rings. The van der Waals surface area contributed by atoms with Crippen LogP contribution in [-0.2, 0) is 6.54 Å². The minimum absolute atomic E-state index is 0.513. The zero-order valence-electron chi connectivity index (χ0n) is 9.34. The molecule has 0 fully saturated rings. The van der Waals surface area contributed by atoms with Gasteiger partial charge in [0.15, 0.2) is 0 Å². The molecule has 0 amide bonds. The lowest BCUT2D eigenvalue weighted by Crippen LogP contribution is -2.19. The van der Waals surface area contributed by atoms with Crippen LogP contribution in [0.1, 0.15) is 5.56 Å².